The van der Waals surface area contributed by atoms with Gasteiger partial charge in [-0.2, -0.15) is 0 Å². The van der Waals surface area contributed by atoms with Gasteiger partial charge in [0.1, 0.15) is 12.4 Å². The number of carbonyl (C=O) groups is 1. The summed E-state index contributed by atoms with van der Waals surface area (Å²) in [4.78, 5) is 14.2. The Morgan fingerprint density at radius 1 is 1.17 bits per heavy atom. The van der Waals surface area contributed by atoms with Gasteiger partial charge >= 0.3 is 0 Å². The minimum atomic E-state index is -0.135. The van der Waals surface area contributed by atoms with Gasteiger partial charge in [0.15, 0.2) is 5.76 Å². The van der Waals surface area contributed by atoms with Crippen LogP contribution >= 0.6 is 12.4 Å². The topological polar surface area (TPSA) is 68.7 Å². The van der Waals surface area contributed by atoms with Crippen LogP contribution in [0.2, 0.25) is 0 Å². The van der Waals surface area contributed by atoms with Gasteiger partial charge in [-0.15, -0.1) is 12.4 Å². The third-order valence-electron chi connectivity index (χ3n) is 3.36. The summed E-state index contributed by atoms with van der Waals surface area (Å²) in [5.74, 6) is 0.832. The van der Waals surface area contributed by atoms with E-state index in [0.29, 0.717) is 37.8 Å². The second-order valence-corrected chi connectivity index (χ2v) is 5.02. The number of furan rings is 1. The largest absolute Gasteiger partial charge is 0.453 e. The van der Waals surface area contributed by atoms with Crippen molar-refractivity contribution in [2.24, 2.45) is 5.73 Å². The van der Waals surface area contributed by atoms with Crippen LogP contribution in [0.25, 0.3) is 0 Å². The van der Waals surface area contributed by atoms with E-state index in [1.165, 1.54) is 5.56 Å². The van der Waals surface area contributed by atoms with E-state index >= 15 is 0 Å². The third kappa shape index (κ3) is 5.71. The molecule has 1 aromatic heterocycles. The van der Waals surface area contributed by atoms with Gasteiger partial charge in [-0.05, 0) is 24.1 Å². The molecular weight excluding hydrogens is 316 g/mol. The van der Waals surface area contributed by atoms with Crippen LogP contribution in [0, 0.1) is 0 Å². The number of halogens is 1. The second-order valence-electron chi connectivity index (χ2n) is 5.02. The summed E-state index contributed by atoms with van der Waals surface area (Å²) in [6, 6.07) is 13.5. The number of ether oxygens (including phenoxy) is 1. The van der Waals surface area contributed by atoms with E-state index < -0.39 is 0 Å². The Hall–Kier alpha value is -1.82. The van der Waals surface area contributed by atoms with Gasteiger partial charge in [0.2, 0.25) is 0 Å². The monoisotopic (exact) mass is 338 g/mol. The molecule has 1 aromatic carbocycles. The Bertz CT molecular complexity index is 587. The molecule has 1 amide bonds. The van der Waals surface area contributed by atoms with Crippen molar-refractivity contribution in [1.29, 1.82) is 0 Å². The summed E-state index contributed by atoms with van der Waals surface area (Å²) in [6.07, 6.45) is 0.790. The molecule has 0 bridgehead atoms. The fraction of sp³-hybridized carbons (Fsp3) is 0.353. The zero-order valence-corrected chi connectivity index (χ0v) is 14.1. The summed E-state index contributed by atoms with van der Waals surface area (Å²) in [7, 11) is 1.59. The Labute approximate surface area is 142 Å². The Morgan fingerprint density at radius 3 is 2.57 bits per heavy atom. The molecule has 23 heavy (non-hydrogen) atoms. The van der Waals surface area contributed by atoms with Gasteiger partial charge in [0.05, 0.1) is 0 Å². The van der Waals surface area contributed by atoms with Gasteiger partial charge in [-0.25, -0.2) is 0 Å². The molecule has 2 rings (SSSR count). The van der Waals surface area contributed by atoms with Crippen molar-refractivity contribution in [3.8, 4) is 0 Å². The first-order chi connectivity index (χ1) is 10.7. The Morgan fingerprint density at radius 2 is 1.91 bits per heavy atom. The molecule has 5 nitrogen and oxygen atoms in total. The fourth-order valence-corrected chi connectivity index (χ4v) is 2.25. The summed E-state index contributed by atoms with van der Waals surface area (Å²) in [5, 5.41) is 0. The number of hydrogen-bond donors (Lipinski definition) is 1. The van der Waals surface area contributed by atoms with Crippen LogP contribution in [0.3, 0.4) is 0 Å². The number of carbonyl (C=O) groups excluding carboxylic acids is 1. The Balaban J connectivity index is 0.00000264. The van der Waals surface area contributed by atoms with Gasteiger partial charge in [-0.3, -0.25) is 4.79 Å². The normalized spacial score (nSPS) is 10.2. The molecule has 0 fully saturated rings. The van der Waals surface area contributed by atoms with Crippen molar-refractivity contribution in [3.63, 3.8) is 0 Å². The molecule has 0 aliphatic carbocycles. The predicted octanol–water partition coefficient (Wildman–Crippen LogP) is 2.49. The summed E-state index contributed by atoms with van der Waals surface area (Å²) in [5.41, 5.74) is 6.81. The average Bonchev–Trinajstić information content (AvgIpc) is 3.01. The lowest BCUT2D eigenvalue weighted by molar-refractivity contribution is 0.0722. The molecule has 0 saturated heterocycles. The highest BCUT2D eigenvalue weighted by atomic mass is 35.5. The van der Waals surface area contributed by atoms with Crippen LogP contribution < -0.4 is 5.73 Å². The zero-order valence-electron chi connectivity index (χ0n) is 13.2. The van der Waals surface area contributed by atoms with E-state index in [9.17, 15) is 4.79 Å². The van der Waals surface area contributed by atoms with Gasteiger partial charge in [0, 0.05) is 26.7 Å². The first-order valence-electron chi connectivity index (χ1n) is 7.35. The molecule has 0 spiro atoms. The number of methoxy groups -OCH3 is 1. The van der Waals surface area contributed by atoms with Gasteiger partial charge < -0.3 is 19.8 Å². The van der Waals surface area contributed by atoms with Crippen molar-refractivity contribution >= 4 is 18.3 Å². The number of rotatable bonds is 8. The number of amides is 1. The molecule has 0 aliphatic heterocycles. The Kier molecular flexibility index (Phi) is 8.40. The smallest absolute Gasteiger partial charge is 0.289 e. The van der Waals surface area contributed by atoms with E-state index in [1.54, 1.807) is 24.1 Å². The molecule has 0 unspecified atom stereocenters. The first kappa shape index (κ1) is 19.2. The lowest BCUT2D eigenvalue weighted by Gasteiger charge is -2.21. The number of nitrogens with two attached hydrogens (primary N) is 1. The van der Waals surface area contributed by atoms with E-state index in [1.807, 2.05) is 18.2 Å². The van der Waals surface area contributed by atoms with Crippen molar-refractivity contribution < 1.29 is 13.9 Å². The summed E-state index contributed by atoms with van der Waals surface area (Å²) < 4.78 is 10.5. The zero-order chi connectivity index (χ0) is 15.8. The van der Waals surface area contributed by atoms with Crippen LogP contribution in [0.4, 0.5) is 0 Å². The highest BCUT2D eigenvalue weighted by molar-refractivity contribution is 5.91. The average molecular weight is 339 g/mol. The van der Waals surface area contributed by atoms with Crippen molar-refractivity contribution in [3.05, 3.63) is 59.5 Å². The molecule has 126 valence electrons. The maximum atomic E-state index is 12.5. The molecule has 2 N–H and O–H groups in total. The SMILES string of the molecule is COCc1ccc(C(=O)N(CCN)CCc2ccccc2)o1.Cl. The summed E-state index contributed by atoms with van der Waals surface area (Å²) >= 11 is 0. The van der Waals surface area contributed by atoms with Crippen molar-refractivity contribution in [2.75, 3.05) is 26.7 Å². The van der Waals surface area contributed by atoms with Crippen LogP contribution in [0.5, 0.6) is 0 Å². The molecule has 2 aromatic rings. The van der Waals surface area contributed by atoms with Crippen molar-refractivity contribution in [1.82, 2.24) is 4.90 Å². The maximum absolute atomic E-state index is 12.5. The van der Waals surface area contributed by atoms with E-state index in [-0.39, 0.29) is 18.3 Å². The van der Waals surface area contributed by atoms with Gasteiger partial charge in [-0.1, -0.05) is 30.3 Å². The highest BCUT2D eigenvalue weighted by Crippen LogP contribution is 2.12. The predicted molar refractivity (Wildman–Crippen MR) is 91.8 cm³/mol. The molecule has 0 saturated carbocycles. The van der Waals surface area contributed by atoms with E-state index in [0.717, 1.165) is 6.42 Å². The first-order valence-corrected chi connectivity index (χ1v) is 7.35. The third-order valence-corrected chi connectivity index (χ3v) is 3.36. The van der Waals surface area contributed by atoms with E-state index in [4.69, 9.17) is 14.9 Å². The fourth-order valence-electron chi connectivity index (χ4n) is 2.25. The molecular formula is C17H23ClN2O3. The van der Waals surface area contributed by atoms with Gasteiger partial charge in [0.25, 0.3) is 5.91 Å². The standard InChI is InChI=1S/C17H22N2O3.ClH/c1-21-13-15-7-8-16(22-15)17(20)19(12-10-18)11-9-14-5-3-2-4-6-14;/h2-8H,9-13,18H2,1H3;1H. The van der Waals surface area contributed by atoms with Crippen LogP contribution in [0.1, 0.15) is 21.9 Å². The van der Waals surface area contributed by atoms with E-state index in [2.05, 4.69) is 12.1 Å². The van der Waals surface area contributed by atoms with Crippen LogP contribution in [-0.4, -0.2) is 37.6 Å². The minimum Gasteiger partial charge on any atom is -0.453 e. The number of benzene rings is 1. The molecule has 0 atom stereocenters. The maximum Gasteiger partial charge on any atom is 0.289 e. The summed E-state index contributed by atoms with van der Waals surface area (Å²) in [6.45, 7) is 1.90. The lowest BCUT2D eigenvalue weighted by atomic mass is 10.1. The molecule has 1 heterocycles. The van der Waals surface area contributed by atoms with Crippen LogP contribution in [-0.2, 0) is 17.8 Å². The molecule has 0 radical (unpaired) electrons. The molecule has 0 aliphatic rings. The number of nitrogens with zero attached hydrogens (tertiary/aromatic N) is 1. The van der Waals surface area contributed by atoms with Crippen molar-refractivity contribution in [2.45, 2.75) is 13.0 Å². The number of hydrogen-bond acceptors (Lipinski definition) is 4. The minimum absolute atomic E-state index is 0. The second kappa shape index (κ2) is 10.0. The molecule has 6 heteroatoms. The highest BCUT2D eigenvalue weighted by Gasteiger charge is 2.18. The lowest BCUT2D eigenvalue weighted by Crippen LogP contribution is -2.36. The quantitative estimate of drug-likeness (QED) is 0.803. The van der Waals surface area contributed by atoms with Crippen LogP contribution in [0.15, 0.2) is 46.9 Å².